The van der Waals surface area contributed by atoms with E-state index in [1.54, 1.807) is 18.2 Å². The average Bonchev–Trinajstić information content (AvgIpc) is 3.12. The number of thioether (sulfide) groups is 1. The van der Waals surface area contributed by atoms with Gasteiger partial charge in [-0.1, -0.05) is 36.1 Å². The van der Waals surface area contributed by atoms with E-state index < -0.39 is 10.8 Å². The molecule has 0 bridgehead atoms. The van der Waals surface area contributed by atoms with Gasteiger partial charge in [0.25, 0.3) is 17.5 Å². The summed E-state index contributed by atoms with van der Waals surface area (Å²) in [5.74, 6) is -0.276. The molecule has 0 saturated carbocycles. The largest absolute Gasteiger partial charge is 0.483 e. The fourth-order valence-corrected chi connectivity index (χ4v) is 4.78. The lowest BCUT2D eigenvalue weighted by Gasteiger charge is -2.22. The number of hydrogen-bond donors (Lipinski definition) is 1. The van der Waals surface area contributed by atoms with Crippen LogP contribution in [0, 0.1) is 10.1 Å². The summed E-state index contributed by atoms with van der Waals surface area (Å²) >= 11 is 6.51. The summed E-state index contributed by atoms with van der Waals surface area (Å²) in [6, 6.07) is 11.3. The van der Waals surface area contributed by atoms with E-state index in [2.05, 4.69) is 16.8 Å². The smallest absolute Gasteiger partial charge is 0.271 e. The van der Waals surface area contributed by atoms with Crippen LogP contribution in [0.3, 0.4) is 0 Å². The molecule has 9 nitrogen and oxygen atoms in total. The maximum absolute atomic E-state index is 12.8. The Balaban J connectivity index is 1.84. The number of anilines is 2. The molecule has 1 fully saturated rings. The lowest BCUT2D eigenvalue weighted by Crippen LogP contribution is -2.27. The predicted molar refractivity (Wildman–Crippen MR) is 147 cm³/mol. The molecule has 1 aliphatic rings. The van der Waals surface area contributed by atoms with Crippen molar-refractivity contribution in [2.24, 2.45) is 0 Å². The molecule has 0 spiro atoms. The van der Waals surface area contributed by atoms with Crippen LogP contribution in [0.15, 0.2) is 60.0 Å². The van der Waals surface area contributed by atoms with Crippen LogP contribution in [0.5, 0.6) is 5.75 Å². The molecule has 36 heavy (non-hydrogen) atoms. The Bertz CT molecular complexity index is 1230. The second-order valence-corrected chi connectivity index (χ2v) is 9.30. The zero-order valence-electron chi connectivity index (χ0n) is 19.9. The lowest BCUT2D eigenvalue weighted by atomic mass is 10.1. The second-order valence-electron chi connectivity index (χ2n) is 7.62. The fraction of sp³-hybridized carbons (Fsp3) is 0.240. The van der Waals surface area contributed by atoms with E-state index in [1.165, 1.54) is 34.9 Å². The van der Waals surface area contributed by atoms with Gasteiger partial charge in [-0.05, 0) is 38.1 Å². The van der Waals surface area contributed by atoms with Crippen molar-refractivity contribution in [2.75, 3.05) is 36.5 Å². The van der Waals surface area contributed by atoms with E-state index in [0.29, 0.717) is 32.8 Å². The van der Waals surface area contributed by atoms with Crippen LogP contribution in [-0.4, -0.2) is 52.2 Å². The van der Waals surface area contributed by atoms with Crippen LogP contribution in [0.2, 0.25) is 0 Å². The molecule has 1 saturated heterocycles. The Labute approximate surface area is 218 Å². The molecule has 0 unspecified atom stereocenters. The molecular weight excluding hydrogens is 500 g/mol. The first-order valence-corrected chi connectivity index (χ1v) is 12.4. The van der Waals surface area contributed by atoms with Gasteiger partial charge >= 0.3 is 0 Å². The van der Waals surface area contributed by atoms with E-state index in [0.717, 1.165) is 18.8 Å². The Morgan fingerprint density at radius 2 is 2.03 bits per heavy atom. The van der Waals surface area contributed by atoms with Crippen molar-refractivity contribution in [3.8, 4) is 5.75 Å². The van der Waals surface area contributed by atoms with Crippen LogP contribution in [0.4, 0.5) is 17.1 Å². The number of benzene rings is 2. The molecule has 0 radical (unpaired) electrons. The Kier molecular flexibility index (Phi) is 9.20. The molecule has 0 atom stereocenters. The Hall–Kier alpha value is -3.70. The number of non-ortho nitro benzene ring substituents is 1. The van der Waals surface area contributed by atoms with Crippen molar-refractivity contribution in [2.45, 2.75) is 13.8 Å². The third-order valence-electron chi connectivity index (χ3n) is 5.30. The fourth-order valence-electron chi connectivity index (χ4n) is 3.52. The number of nitrogens with zero attached hydrogens (tertiary/aromatic N) is 3. The minimum absolute atomic E-state index is 0.128. The molecule has 2 aromatic carbocycles. The number of amides is 2. The maximum atomic E-state index is 12.8. The summed E-state index contributed by atoms with van der Waals surface area (Å²) in [6.07, 6.45) is 3.31. The third-order valence-corrected chi connectivity index (χ3v) is 6.67. The molecule has 1 heterocycles. The van der Waals surface area contributed by atoms with Crippen molar-refractivity contribution in [3.63, 3.8) is 0 Å². The number of thiocarbonyl (C=S) groups is 1. The van der Waals surface area contributed by atoms with Crippen molar-refractivity contribution in [1.29, 1.82) is 0 Å². The van der Waals surface area contributed by atoms with Crippen LogP contribution < -0.4 is 15.0 Å². The zero-order chi connectivity index (χ0) is 26.2. The highest BCUT2D eigenvalue weighted by molar-refractivity contribution is 8.26. The first-order valence-electron chi connectivity index (χ1n) is 11.2. The molecule has 188 valence electrons. The number of nitro benzene ring substituents is 1. The standard InChI is InChI=1S/C25H26N4O5S2/c1-4-12-28-24(31)22(36-25(28)35)13-17-10-11-19(27(5-2)6-3)15-21(17)34-16-23(30)26-18-8-7-9-20(14-18)29(32)33/h4,7-11,13-15H,1,5-6,12,16H2,2-3H3,(H,26,30). The summed E-state index contributed by atoms with van der Waals surface area (Å²) in [6.45, 7) is 9.29. The molecule has 2 aromatic rings. The average molecular weight is 527 g/mol. The van der Waals surface area contributed by atoms with Gasteiger partial charge in [0.2, 0.25) is 0 Å². The highest BCUT2D eigenvalue weighted by Gasteiger charge is 2.31. The molecular formula is C25H26N4O5S2. The highest BCUT2D eigenvalue weighted by atomic mass is 32.2. The van der Waals surface area contributed by atoms with Gasteiger partial charge < -0.3 is 15.0 Å². The Morgan fingerprint density at radius 3 is 2.69 bits per heavy atom. The van der Waals surface area contributed by atoms with Crippen molar-refractivity contribution < 1.29 is 19.2 Å². The number of carbonyl (C=O) groups is 2. The molecule has 0 aromatic heterocycles. The van der Waals surface area contributed by atoms with Crippen LogP contribution in [0.1, 0.15) is 19.4 Å². The lowest BCUT2D eigenvalue weighted by molar-refractivity contribution is -0.384. The summed E-state index contributed by atoms with van der Waals surface area (Å²) in [5.41, 5.74) is 1.69. The number of nitrogens with one attached hydrogen (secondary N) is 1. The first kappa shape index (κ1) is 26.9. The summed E-state index contributed by atoms with van der Waals surface area (Å²) in [7, 11) is 0. The van der Waals surface area contributed by atoms with Crippen LogP contribution >= 0.6 is 24.0 Å². The number of hydrogen-bond acceptors (Lipinski definition) is 8. The number of nitro groups is 1. The van der Waals surface area contributed by atoms with Gasteiger partial charge in [-0.15, -0.1) is 6.58 Å². The SMILES string of the molecule is C=CCN1C(=O)C(=Cc2ccc(N(CC)CC)cc2OCC(=O)Nc2cccc([N+](=O)[O-])c2)SC1=S. The summed E-state index contributed by atoms with van der Waals surface area (Å²) in [4.78, 5) is 39.8. The molecule has 0 aliphatic carbocycles. The molecule has 3 rings (SSSR count). The van der Waals surface area contributed by atoms with Gasteiger partial charge in [0.15, 0.2) is 6.61 Å². The third kappa shape index (κ3) is 6.49. The van der Waals surface area contributed by atoms with Gasteiger partial charge in [-0.3, -0.25) is 24.6 Å². The number of ether oxygens (including phenoxy) is 1. The molecule has 2 amide bonds. The summed E-state index contributed by atoms with van der Waals surface area (Å²) < 4.78 is 6.32. The molecule has 1 N–H and O–H groups in total. The van der Waals surface area contributed by atoms with Crippen molar-refractivity contribution in [3.05, 3.63) is 75.7 Å². The monoisotopic (exact) mass is 526 g/mol. The van der Waals surface area contributed by atoms with Gasteiger partial charge in [0.1, 0.15) is 10.1 Å². The topological polar surface area (TPSA) is 105 Å². The van der Waals surface area contributed by atoms with E-state index in [9.17, 15) is 19.7 Å². The van der Waals surface area contributed by atoms with Crippen LogP contribution in [-0.2, 0) is 9.59 Å². The summed E-state index contributed by atoms with van der Waals surface area (Å²) in [5, 5.41) is 13.6. The quantitative estimate of drug-likeness (QED) is 0.146. The minimum Gasteiger partial charge on any atom is -0.483 e. The molecule has 1 aliphatic heterocycles. The van der Waals surface area contributed by atoms with Crippen molar-refractivity contribution in [1.82, 2.24) is 4.90 Å². The Morgan fingerprint density at radius 1 is 1.28 bits per heavy atom. The van der Waals surface area contributed by atoms with Crippen LogP contribution in [0.25, 0.3) is 6.08 Å². The van der Waals surface area contributed by atoms with Gasteiger partial charge in [0.05, 0.1) is 9.83 Å². The highest BCUT2D eigenvalue weighted by Crippen LogP contribution is 2.35. The van der Waals surface area contributed by atoms with Gasteiger partial charge in [-0.2, -0.15) is 0 Å². The normalized spacial score (nSPS) is 14.2. The van der Waals surface area contributed by atoms with E-state index in [1.807, 2.05) is 32.0 Å². The second kappa shape index (κ2) is 12.3. The number of carbonyl (C=O) groups excluding carboxylic acids is 2. The zero-order valence-corrected chi connectivity index (χ0v) is 21.6. The number of rotatable bonds is 11. The van der Waals surface area contributed by atoms with E-state index in [4.69, 9.17) is 17.0 Å². The predicted octanol–water partition coefficient (Wildman–Crippen LogP) is 4.85. The molecule has 11 heteroatoms. The van der Waals surface area contributed by atoms with Gasteiger partial charge in [0, 0.05) is 54.8 Å². The maximum Gasteiger partial charge on any atom is 0.271 e. The minimum atomic E-state index is -0.533. The van der Waals surface area contributed by atoms with E-state index in [-0.39, 0.29) is 18.2 Å². The van der Waals surface area contributed by atoms with Crippen molar-refractivity contribution >= 4 is 63.3 Å². The van der Waals surface area contributed by atoms with Gasteiger partial charge in [-0.25, -0.2) is 0 Å². The first-order chi connectivity index (χ1) is 17.3. The van der Waals surface area contributed by atoms with E-state index >= 15 is 0 Å².